The predicted molar refractivity (Wildman–Crippen MR) is 107 cm³/mol. The Balaban J connectivity index is 1.89. The zero-order valence-electron chi connectivity index (χ0n) is 15.4. The van der Waals surface area contributed by atoms with Gasteiger partial charge in [-0.1, -0.05) is 6.07 Å². The van der Waals surface area contributed by atoms with Crippen LogP contribution in [0, 0.1) is 40.9 Å². The summed E-state index contributed by atoms with van der Waals surface area (Å²) < 4.78 is 0. The van der Waals surface area contributed by atoms with Gasteiger partial charge in [0, 0.05) is 35.5 Å². The molecule has 0 saturated heterocycles. The molecule has 2 N–H and O–H groups in total. The average Bonchev–Trinajstić information content (AvgIpc) is 2.77. The first-order valence-corrected chi connectivity index (χ1v) is 8.47. The molecule has 2 aromatic heterocycles. The number of benzene rings is 1. The first kappa shape index (κ1) is 19.0. The summed E-state index contributed by atoms with van der Waals surface area (Å²) in [4.78, 5) is 12.9. The quantitative estimate of drug-likeness (QED) is 0.640. The van der Waals surface area contributed by atoms with Gasteiger partial charge in [-0.25, -0.2) is 9.97 Å². The fourth-order valence-electron chi connectivity index (χ4n) is 2.48. The van der Waals surface area contributed by atoms with Gasteiger partial charge in [0.25, 0.3) is 0 Å². The molecule has 0 amide bonds. The lowest BCUT2D eigenvalue weighted by molar-refractivity contribution is 1.16. The van der Waals surface area contributed by atoms with Gasteiger partial charge in [0.05, 0.1) is 5.69 Å². The van der Waals surface area contributed by atoms with E-state index in [1.807, 2.05) is 31.2 Å². The van der Waals surface area contributed by atoms with Crippen molar-refractivity contribution in [2.45, 2.75) is 6.92 Å². The molecule has 0 radical (unpaired) electrons. The summed E-state index contributed by atoms with van der Waals surface area (Å²) in [6.07, 6.45) is 5.07. The zero-order valence-corrected chi connectivity index (χ0v) is 15.4. The molecule has 29 heavy (non-hydrogen) atoms. The molecule has 0 bridgehead atoms. The van der Waals surface area contributed by atoms with Gasteiger partial charge in [0.2, 0.25) is 5.95 Å². The molecule has 0 saturated carbocycles. The van der Waals surface area contributed by atoms with E-state index < -0.39 is 0 Å². The molecule has 2 heterocycles. The smallest absolute Gasteiger partial charge is 0.227 e. The van der Waals surface area contributed by atoms with E-state index in [9.17, 15) is 5.26 Å². The lowest BCUT2D eigenvalue weighted by atomic mass is 10.1. The monoisotopic (exact) mass is 378 g/mol. The normalized spacial score (nSPS) is 9.45. The molecule has 0 fully saturated rings. The highest BCUT2D eigenvalue weighted by molar-refractivity contribution is 5.69. The van der Waals surface area contributed by atoms with Crippen LogP contribution in [-0.4, -0.2) is 15.0 Å². The molecule has 3 rings (SSSR count). The van der Waals surface area contributed by atoms with Crippen LogP contribution in [0.3, 0.4) is 0 Å². The van der Waals surface area contributed by atoms with Gasteiger partial charge in [-0.05, 0) is 42.8 Å². The van der Waals surface area contributed by atoms with Crippen molar-refractivity contribution >= 4 is 17.3 Å². The first-order valence-electron chi connectivity index (χ1n) is 8.47. The summed E-state index contributed by atoms with van der Waals surface area (Å²) in [5, 5.41) is 33.1. The fourth-order valence-corrected chi connectivity index (χ4v) is 2.48. The number of hydrogen-bond donors (Lipinski definition) is 2. The van der Waals surface area contributed by atoms with Crippen LogP contribution < -0.4 is 10.6 Å². The number of aromatic nitrogens is 3. The molecular weight excluding hydrogens is 364 g/mol. The number of anilines is 3. The van der Waals surface area contributed by atoms with Gasteiger partial charge in [-0.3, -0.25) is 4.98 Å². The number of nitriles is 3. The Bertz CT molecular complexity index is 1180. The Morgan fingerprint density at radius 3 is 2.52 bits per heavy atom. The topological polar surface area (TPSA) is 134 Å². The maximum atomic E-state index is 9.20. The lowest BCUT2D eigenvalue weighted by Crippen LogP contribution is -2.03. The number of allylic oxidation sites excluding steroid dienone is 2. The molecular formula is C21H14N8. The number of hydrogen-bond acceptors (Lipinski definition) is 8. The molecule has 3 aromatic rings. The van der Waals surface area contributed by atoms with E-state index in [0.717, 1.165) is 16.8 Å². The Morgan fingerprint density at radius 2 is 1.83 bits per heavy atom. The maximum Gasteiger partial charge on any atom is 0.227 e. The van der Waals surface area contributed by atoms with Crippen molar-refractivity contribution in [2.75, 3.05) is 10.6 Å². The summed E-state index contributed by atoms with van der Waals surface area (Å²) >= 11 is 0. The van der Waals surface area contributed by atoms with E-state index in [1.54, 1.807) is 48.9 Å². The maximum absolute atomic E-state index is 9.20. The number of rotatable bonds is 5. The molecule has 8 nitrogen and oxygen atoms in total. The van der Waals surface area contributed by atoms with E-state index in [1.165, 1.54) is 0 Å². The molecule has 8 heteroatoms. The van der Waals surface area contributed by atoms with Crippen molar-refractivity contribution in [1.29, 1.82) is 15.8 Å². The second-order valence-corrected chi connectivity index (χ2v) is 5.87. The van der Waals surface area contributed by atoms with Crippen molar-refractivity contribution < 1.29 is 0 Å². The Morgan fingerprint density at radius 1 is 1.00 bits per heavy atom. The highest BCUT2D eigenvalue weighted by atomic mass is 15.1. The van der Waals surface area contributed by atoms with Gasteiger partial charge in [-0.15, -0.1) is 0 Å². The largest absolute Gasteiger partial charge is 0.345 e. The minimum absolute atomic E-state index is 0.111. The van der Waals surface area contributed by atoms with Crippen molar-refractivity contribution in [3.8, 4) is 29.5 Å². The Labute approximate surface area is 167 Å². The van der Waals surface area contributed by atoms with Crippen LogP contribution >= 0.6 is 0 Å². The fraction of sp³-hybridized carbons (Fsp3) is 0.0476. The average molecular weight is 378 g/mol. The van der Waals surface area contributed by atoms with Crippen molar-refractivity contribution in [3.05, 3.63) is 71.8 Å². The third-order valence-corrected chi connectivity index (χ3v) is 3.95. The molecule has 0 aliphatic rings. The zero-order chi connectivity index (χ0) is 20.6. The molecule has 1 aromatic carbocycles. The molecule has 0 spiro atoms. The van der Waals surface area contributed by atoms with Gasteiger partial charge in [0.1, 0.15) is 23.9 Å². The van der Waals surface area contributed by atoms with Crippen LogP contribution in [0.2, 0.25) is 0 Å². The molecule has 0 aliphatic carbocycles. The third-order valence-electron chi connectivity index (χ3n) is 3.95. The highest BCUT2D eigenvalue weighted by Gasteiger charge is 2.09. The van der Waals surface area contributed by atoms with E-state index in [-0.39, 0.29) is 11.3 Å². The minimum Gasteiger partial charge on any atom is -0.345 e. The lowest BCUT2D eigenvalue weighted by Gasteiger charge is -2.12. The first-order chi connectivity index (χ1) is 14.1. The standard InChI is InChI=1S/C21H14N8/c1-14-4-5-17(27-20(12-24)16(10-22)11-23)9-19(14)29-21-26-8-6-18(28-21)15-3-2-7-25-13-15/h2-9,13,27H,1H3,(H,26,28,29). The van der Waals surface area contributed by atoms with Gasteiger partial charge >= 0.3 is 0 Å². The van der Waals surface area contributed by atoms with Gasteiger partial charge in [0.15, 0.2) is 5.57 Å². The van der Waals surface area contributed by atoms with Crippen LogP contribution in [0.15, 0.2) is 66.3 Å². The van der Waals surface area contributed by atoms with E-state index in [0.29, 0.717) is 17.3 Å². The molecule has 138 valence electrons. The number of nitrogens with zero attached hydrogens (tertiary/aromatic N) is 6. The third kappa shape index (κ3) is 4.51. The van der Waals surface area contributed by atoms with Gasteiger partial charge in [-0.2, -0.15) is 15.8 Å². The molecule has 0 atom stereocenters. The number of pyridine rings is 1. The second-order valence-electron chi connectivity index (χ2n) is 5.87. The summed E-state index contributed by atoms with van der Waals surface area (Å²) in [6, 6.07) is 16.1. The minimum atomic E-state index is -0.282. The Hall–Kier alpha value is -4.74. The van der Waals surface area contributed by atoms with Crippen molar-refractivity contribution in [3.63, 3.8) is 0 Å². The summed E-state index contributed by atoms with van der Waals surface area (Å²) in [6.45, 7) is 1.91. The second kappa shape index (κ2) is 8.77. The van der Waals surface area contributed by atoms with Crippen molar-refractivity contribution in [2.24, 2.45) is 0 Å². The Kier molecular flexibility index (Phi) is 5.75. The summed E-state index contributed by atoms with van der Waals surface area (Å²) in [7, 11) is 0. The van der Waals surface area contributed by atoms with E-state index >= 15 is 0 Å². The molecule has 0 unspecified atom stereocenters. The molecule has 0 aliphatic heterocycles. The van der Waals surface area contributed by atoms with Crippen LogP contribution in [-0.2, 0) is 0 Å². The van der Waals surface area contributed by atoms with Crippen LogP contribution in [0.25, 0.3) is 11.3 Å². The van der Waals surface area contributed by atoms with Crippen molar-refractivity contribution in [1.82, 2.24) is 15.0 Å². The van der Waals surface area contributed by atoms with Gasteiger partial charge < -0.3 is 10.6 Å². The van der Waals surface area contributed by atoms with E-state index in [4.69, 9.17) is 10.5 Å². The summed E-state index contributed by atoms with van der Waals surface area (Å²) in [5.41, 5.74) is 3.38. The highest BCUT2D eigenvalue weighted by Crippen LogP contribution is 2.25. The van der Waals surface area contributed by atoms with Crippen LogP contribution in [0.5, 0.6) is 0 Å². The van der Waals surface area contributed by atoms with Crippen LogP contribution in [0.4, 0.5) is 17.3 Å². The van der Waals surface area contributed by atoms with E-state index in [2.05, 4.69) is 25.6 Å². The predicted octanol–water partition coefficient (Wildman–Crippen LogP) is 3.83. The number of nitrogens with one attached hydrogen (secondary N) is 2. The number of aryl methyl sites for hydroxylation is 1. The summed E-state index contributed by atoms with van der Waals surface area (Å²) in [5.74, 6) is 0.400. The SMILES string of the molecule is Cc1ccc(NC(C#N)=C(C#N)C#N)cc1Nc1nccc(-c2cccnc2)n1. The van der Waals surface area contributed by atoms with Crippen LogP contribution in [0.1, 0.15) is 5.56 Å².